The summed E-state index contributed by atoms with van der Waals surface area (Å²) in [4.78, 5) is 37.2. The maximum absolute atomic E-state index is 12.2. The summed E-state index contributed by atoms with van der Waals surface area (Å²) < 4.78 is 26.2. The average Bonchev–Trinajstić information content (AvgIpc) is 3.65. The molecule has 0 saturated carbocycles. The minimum absolute atomic E-state index is 0.135. The van der Waals surface area contributed by atoms with Crippen LogP contribution in [0.15, 0.2) is 42.7 Å². The van der Waals surface area contributed by atoms with Gasteiger partial charge in [-0.3, -0.25) is 14.2 Å². The van der Waals surface area contributed by atoms with Crippen molar-refractivity contribution in [2.45, 2.75) is 38.3 Å². The van der Waals surface area contributed by atoms with Crippen LogP contribution in [0.5, 0.6) is 5.75 Å². The van der Waals surface area contributed by atoms with E-state index in [0.29, 0.717) is 28.4 Å². The summed E-state index contributed by atoms with van der Waals surface area (Å²) in [5.41, 5.74) is 8.91. The highest BCUT2D eigenvalue weighted by atomic mass is 16.6. The standard InChI is InChI=1S/C27H24N8O6/c1-12(36)39-10-18-23(40-13(2)37)22-27(41-18)34-25-20(24(28)29-11-30-25)31-26(34)21-19(32-33-35(21)22)16-5-4-15-9-17(38-3)7-6-14(15)8-16/h4-9,11,18,22-23,27H,10H2,1-3H3,(H2,28,29,30)/t18-,22+,23-,27-/m1/s1. The number of nitrogens with two attached hydrogens (primary N) is 1. The lowest BCUT2D eigenvalue weighted by Gasteiger charge is -2.30. The van der Waals surface area contributed by atoms with Crippen LogP contribution in [0.4, 0.5) is 5.82 Å². The predicted octanol–water partition coefficient (Wildman–Crippen LogP) is 2.44. The molecule has 208 valence electrons. The first-order valence-electron chi connectivity index (χ1n) is 12.8. The molecule has 0 amide bonds. The summed E-state index contributed by atoms with van der Waals surface area (Å²) >= 11 is 0. The highest BCUT2D eigenvalue weighted by Crippen LogP contribution is 2.50. The Kier molecular flexibility index (Phi) is 5.61. The van der Waals surface area contributed by atoms with Crippen LogP contribution in [-0.4, -0.2) is 72.4 Å². The number of nitrogens with zero attached hydrogens (tertiary/aromatic N) is 7. The molecule has 5 heterocycles. The Hall–Kier alpha value is -5.11. The van der Waals surface area contributed by atoms with Gasteiger partial charge in [0, 0.05) is 19.4 Å². The number of hydrogen-bond donors (Lipinski definition) is 1. The molecular weight excluding hydrogens is 532 g/mol. The van der Waals surface area contributed by atoms with E-state index in [1.165, 1.54) is 20.2 Å². The number of hydrogen-bond acceptors (Lipinski definition) is 12. The highest BCUT2D eigenvalue weighted by Gasteiger charge is 2.54. The van der Waals surface area contributed by atoms with Crippen molar-refractivity contribution in [2.24, 2.45) is 0 Å². The van der Waals surface area contributed by atoms with E-state index in [0.717, 1.165) is 22.1 Å². The Bertz CT molecular complexity index is 1870. The highest BCUT2D eigenvalue weighted by molar-refractivity contribution is 5.91. The van der Waals surface area contributed by atoms with Crippen molar-refractivity contribution in [3.8, 4) is 28.5 Å². The molecule has 0 bridgehead atoms. The minimum atomic E-state index is -0.862. The number of rotatable bonds is 5. The molecule has 1 fully saturated rings. The first-order valence-corrected chi connectivity index (χ1v) is 12.8. The number of anilines is 1. The number of benzene rings is 2. The lowest BCUT2D eigenvalue weighted by molar-refractivity contribution is -0.156. The molecule has 0 aliphatic carbocycles. The number of ether oxygens (including phenoxy) is 4. The quantitative estimate of drug-likeness (QED) is 0.314. The lowest BCUT2D eigenvalue weighted by atomic mass is 10.0. The number of fused-ring (bicyclic) bond motifs is 9. The molecule has 2 N–H and O–H groups in total. The molecule has 41 heavy (non-hydrogen) atoms. The molecule has 5 aromatic rings. The number of nitrogen functional groups attached to an aromatic ring is 1. The molecule has 2 aliphatic rings. The minimum Gasteiger partial charge on any atom is -0.497 e. The molecule has 2 aromatic carbocycles. The fraction of sp³-hybridized carbons (Fsp3) is 0.296. The molecule has 0 spiro atoms. The Morgan fingerprint density at radius 3 is 2.66 bits per heavy atom. The zero-order valence-electron chi connectivity index (χ0n) is 22.2. The van der Waals surface area contributed by atoms with E-state index in [1.54, 1.807) is 16.4 Å². The van der Waals surface area contributed by atoms with Gasteiger partial charge in [-0.05, 0) is 29.0 Å². The van der Waals surface area contributed by atoms with Crippen LogP contribution in [-0.2, 0) is 23.8 Å². The molecule has 0 unspecified atom stereocenters. The molecule has 3 aromatic heterocycles. The van der Waals surface area contributed by atoms with Gasteiger partial charge >= 0.3 is 11.9 Å². The maximum atomic E-state index is 12.2. The van der Waals surface area contributed by atoms with Crippen LogP contribution in [0.1, 0.15) is 26.1 Å². The molecule has 0 radical (unpaired) electrons. The summed E-state index contributed by atoms with van der Waals surface area (Å²) in [6.07, 6.45) is -1.09. The van der Waals surface area contributed by atoms with Crippen molar-refractivity contribution >= 4 is 39.7 Å². The van der Waals surface area contributed by atoms with Gasteiger partial charge in [-0.15, -0.1) is 5.10 Å². The van der Waals surface area contributed by atoms with Crippen molar-refractivity contribution in [1.82, 2.24) is 34.5 Å². The van der Waals surface area contributed by atoms with E-state index < -0.39 is 36.4 Å². The third-order valence-corrected chi connectivity index (χ3v) is 7.33. The first-order chi connectivity index (χ1) is 19.8. The number of methoxy groups -OCH3 is 1. The van der Waals surface area contributed by atoms with Crippen LogP contribution >= 0.6 is 0 Å². The van der Waals surface area contributed by atoms with Crippen LogP contribution in [0, 0.1) is 0 Å². The monoisotopic (exact) mass is 556 g/mol. The maximum Gasteiger partial charge on any atom is 0.303 e. The average molecular weight is 557 g/mol. The number of aromatic nitrogens is 7. The molecule has 14 heteroatoms. The molecule has 1 saturated heterocycles. The fourth-order valence-corrected chi connectivity index (χ4v) is 5.60. The summed E-state index contributed by atoms with van der Waals surface area (Å²) in [5, 5.41) is 11.0. The second-order valence-corrected chi connectivity index (χ2v) is 9.83. The van der Waals surface area contributed by atoms with E-state index in [1.807, 2.05) is 36.4 Å². The van der Waals surface area contributed by atoms with Gasteiger partial charge in [-0.25, -0.2) is 19.6 Å². The van der Waals surface area contributed by atoms with Crippen LogP contribution in [0.3, 0.4) is 0 Å². The number of esters is 2. The second kappa shape index (κ2) is 9.23. The smallest absolute Gasteiger partial charge is 0.303 e. The van der Waals surface area contributed by atoms with Gasteiger partial charge in [-0.1, -0.05) is 23.4 Å². The van der Waals surface area contributed by atoms with Gasteiger partial charge in [0.1, 0.15) is 42.2 Å². The van der Waals surface area contributed by atoms with E-state index in [9.17, 15) is 9.59 Å². The summed E-state index contributed by atoms with van der Waals surface area (Å²) in [6, 6.07) is 11.1. The Morgan fingerprint density at radius 2 is 1.88 bits per heavy atom. The zero-order chi connectivity index (χ0) is 28.4. The van der Waals surface area contributed by atoms with Gasteiger partial charge in [0.15, 0.2) is 35.1 Å². The SMILES string of the molecule is COc1ccc2cc(-c3nnn4c3-c3nc5c(N)ncnc5n3[C@@H]3O[C@H](COC(C)=O)[C@@H](OC(C)=O)[C@@H]34)ccc2c1. The van der Waals surface area contributed by atoms with Crippen molar-refractivity contribution < 1.29 is 28.5 Å². The molecule has 4 atom stereocenters. The normalized spacial score (nSPS) is 20.9. The summed E-state index contributed by atoms with van der Waals surface area (Å²) in [6.45, 7) is 2.47. The van der Waals surface area contributed by atoms with Gasteiger partial charge in [0.25, 0.3) is 0 Å². The topological polar surface area (TPSA) is 171 Å². The Labute approximate surface area is 232 Å². The van der Waals surface area contributed by atoms with E-state index >= 15 is 0 Å². The van der Waals surface area contributed by atoms with Gasteiger partial charge in [0.2, 0.25) is 0 Å². The third kappa shape index (κ3) is 3.86. The fourth-order valence-electron chi connectivity index (χ4n) is 5.60. The summed E-state index contributed by atoms with van der Waals surface area (Å²) in [5.74, 6) is 0.396. The molecule has 14 nitrogen and oxygen atoms in total. The number of carbonyl (C=O) groups is 2. The van der Waals surface area contributed by atoms with Crippen molar-refractivity contribution in [1.29, 1.82) is 0 Å². The van der Waals surface area contributed by atoms with Gasteiger partial charge < -0.3 is 24.7 Å². The van der Waals surface area contributed by atoms with Gasteiger partial charge in [-0.2, -0.15) is 0 Å². The molecular formula is C27H24N8O6. The molecule has 7 rings (SSSR count). The van der Waals surface area contributed by atoms with Crippen LogP contribution in [0.2, 0.25) is 0 Å². The van der Waals surface area contributed by atoms with Crippen molar-refractivity contribution in [3.63, 3.8) is 0 Å². The van der Waals surface area contributed by atoms with Crippen LogP contribution in [0.25, 0.3) is 44.7 Å². The Morgan fingerprint density at radius 1 is 1.07 bits per heavy atom. The van der Waals surface area contributed by atoms with Crippen molar-refractivity contribution in [3.05, 3.63) is 42.7 Å². The van der Waals surface area contributed by atoms with E-state index in [2.05, 4.69) is 20.3 Å². The largest absolute Gasteiger partial charge is 0.497 e. The molecule has 2 aliphatic heterocycles. The number of carbonyl (C=O) groups excluding carboxylic acids is 2. The zero-order valence-corrected chi connectivity index (χ0v) is 22.2. The van der Waals surface area contributed by atoms with Gasteiger partial charge in [0.05, 0.1) is 7.11 Å². The van der Waals surface area contributed by atoms with E-state index in [4.69, 9.17) is 29.7 Å². The third-order valence-electron chi connectivity index (χ3n) is 7.33. The Balaban J connectivity index is 1.44. The van der Waals surface area contributed by atoms with Crippen LogP contribution < -0.4 is 10.5 Å². The summed E-state index contributed by atoms with van der Waals surface area (Å²) in [7, 11) is 1.63. The van der Waals surface area contributed by atoms with Crippen molar-refractivity contribution in [2.75, 3.05) is 19.5 Å². The predicted molar refractivity (Wildman–Crippen MR) is 143 cm³/mol. The second-order valence-electron chi connectivity index (χ2n) is 9.83. The lowest BCUT2D eigenvalue weighted by Crippen LogP contribution is -2.38. The first kappa shape index (κ1) is 24.9. The number of imidazole rings is 1. The van der Waals surface area contributed by atoms with E-state index in [-0.39, 0.29) is 12.4 Å².